The number of hydrogen-bond donors (Lipinski definition) is 1. The SMILES string of the molecule is CCCCOC(=O)OC(=O)C(Cc1ccccc1)[C@H](N)C(=O)OC(=O)OCCCC. The van der Waals surface area contributed by atoms with Crippen LogP contribution in [-0.4, -0.2) is 43.5 Å². The lowest BCUT2D eigenvalue weighted by atomic mass is 9.92. The zero-order valence-corrected chi connectivity index (χ0v) is 17.3. The number of benzene rings is 1. The lowest BCUT2D eigenvalue weighted by Crippen LogP contribution is -2.46. The van der Waals surface area contributed by atoms with Crippen LogP contribution in [0.1, 0.15) is 45.1 Å². The summed E-state index contributed by atoms with van der Waals surface area (Å²) in [5.41, 5.74) is 6.55. The molecule has 0 amide bonds. The van der Waals surface area contributed by atoms with Crippen molar-refractivity contribution >= 4 is 24.2 Å². The van der Waals surface area contributed by atoms with Crippen molar-refractivity contribution in [3.63, 3.8) is 0 Å². The number of ether oxygens (including phenoxy) is 4. The maximum absolute atomic E-state index is 12.5. The van der Waals surface area contributed by atoms with E-state index in [0.717, 1.165) is 12.8 Å². The van der Waals surface area contributed by atoms with E-state index in [-0.39, 0.29) is 19.6 Å². The van der Waals surface area contributed by atoms with Gasteiger partial charge < -0.3 is 24.7 Å². The van der Waals surface area contributed by atoms with Crippen LogP contribution < -0.4 is 5.73 Å². The van der Waals surface area contributed by atoms with Gasteiger partial charge in [-0.3, -0.25) is 4.79 Å². The molecule has 9 nitrogen and oxygen atoms in total. The highest BCUT2D eigenvalue weighted by atomic mass is 16.7. The molecule has 0 radical (unpaired) electrons. The van der Waals surface area contributed by atoms with Crippen LogP contribution in [0, 0.1) is 5.92 Å². The number of rotatable bonds is 11. The summed E-state index contributed by atoms with van der Waals surface area (Å²) in [6, 6.07) is 7.15. The average molecular weight is 423 g/mol. The van der Waals surface area contributed by atoms with Gasteiger partial charge in [-0.1, -0.05) is 57.0 Å². The molecule has 0 heterocycles. The molecule has 30 heavy (non-hydrogen) atoms. The second-order valence-electron chi connectivity index (χ2n) is 6.57. The average Bonchev–Trinajstić information content (AvgIpc) is 2.72. The molecule has 0 aromatic heterocycles. The fourth-order valence-corrected chi connectivity index (χ4v) is 2.36. The van der Waals surface area contributed by atoms with E-state index in [1.807, 2.05) is 13.8 Å². The highest BCUT2D eigenvalue weighted by Crippen LogP contribution is 2.16. The van der Waals surface area contributed by atoms with Gasteiger partial charge in [0.15, 0.2) is 0 Å². The second kappa shape index (κ2) is 14.1. The number of carbonyl (C=O) groups is 4. The third kappa shape index (κ3) is 9.51. The molecule has 0 aliphatic carbocycles. The smallest absolute Gasteiger partial charge is 0.434 e. The molecule has 0 bridgehead atoms. The monoisotopic (exact) mass is 423 g/mol. The zero-order chi connectivity index (χ0) is 22.4. The van der Waals surface area contributed by atoms with Crippen LogP contribution in [0.25, 0.3) is 0 Å². The van der Waals surface area contributed by atoms with E-state index in [4.69, 9.17) is 15.2 Å². The normalized spacial score (nSPS) is 12.4. The lowest BCUT2D eigenvalue weighted by molar-refractivity contribution is -0.152. The summed E-state index contributed by atoms with van der Waals surface area (Å²) in [5, 5.41) is 0. The lowest BCUT2D eigenvalue weighted by Gasteiger charge is -2.20. The van der Waals surface area contributed by atoms with Gasteiger partial charge in [-0.15, -0.1) is 0 Å². The Morgan fingerprint density at radius 2 is 1.33 bits per heavy atom. The number of hydrogen-bond acceptors (Lipinski definition) is 9. The first kappa shape index (κ1) is 25.1. The predicted molar refractivity (Wildman–Crippen MR) is 106 cm³/mol. The van der Waals surface area contributed by atoms with Crippen molar-refractivity contribution in [1.82, 2.24) is 0 Å². The second-order valence-corrected chi connectivity index (χ2v) is 6.57. The Kier molecular flexibility index (Phi) is 11.8. The van der Waals surface area contributed by atoms with Crippen molar-refractivity contribution in [3.8, 4) is 0 Å². The molecule has 0 saturated carbocycles. The van der Waals surface area contributed by atoms with Gasteiger partial charge in [-0.2, -0.15) is 0 Å². The highest BCUT2D eigenvalue weighted by molar-refractivity contribution is 5.92. The number of nitrogens with two attached hydrogens (primary N) is 1. The minimum atomic E-state index is -1.56. The van der Waals surface area contributed by atoms with Gasteiger partial charge in [0.1, 0.15) is 6.04 Å². The summed E-state index contributed by atoms with van der Waals surface area (Å²) in [5.74, 6) is -3.49. The summed E-state index contributed by atoms with van der Waals surface area (Å²) < 4.78 is 18.8. The van der Waals surface area contributed by atoms with Crippen LogP contribution in [0.4, 0.5) is 9.59 Å². The Balaban J connectivity index is 2.80. The Bertz CT molecular complexity index is 692. The summed E-state index contributed by atoms with van der Waals surface area (Å²) >= 11 is 0. The highest BCUT2D eigenvalue weighted by Gasteiger charge is 2.36. The van der Waals surface area contributed by atoms with Crippen molar-refractivity contribution in [3.05, 3.63) is 35.9 Å². The molecule has 2 atom stereocenters. The zero-order valence-electron chi connectivity index (χ0n) is 17.3. The molecule has 1 aromatic carbocycles. The molecule has 0 spiro atoms. The first-order chi connectivity index (χ1) is 14.4. The van der Waals surface area contributed by atoms with Gasteiger partial charge in [-0.25, -0.2) is 14.4 Å². The van der Waals surface area contributed by atoms with Gasteiger partial charge in [0.2, 0.25) is 0 Å². The predicted octanol–water partition coefficient (Wildman–Crippen LogP) is 3.13. The first-order valence-corrected chi connectivity index (χ1v) is 9.95. The summed E-state index contributed by atoms with van der Waals surface area (Å²) in [6.45, 7) is 4.01. The fraction of sp³-hybridized carbons (Fsp3) is 0.524. The van der Waals surface area contributed by atoms with Crippen LogP contribution in [-0.2, 0) is 35.0 Å². The van der Waals surface area contributed by atoms with E-state index in [1.165, 1.54) is 0 Å². The first-order valence-electron chi connectivity index (χ1n) is 9.95. The van der Waals surface area contributed by atoms with Crippen LogP contribution in [0.2, 0.25) is 0 Å². The van der Waals surface area contributed by atoms with Crippen LogP contribution >= 0.6 is 0 Å². The molecule has 1 rings (SSSR count). The van der Waals surface area contributed by atoms with E-state index >= 15 is 0 Å². The number of esters is 2. The number of carbonyl (C=O) groups excluding carboxylic acids is 4. The van der Waals surface area contributed by atoms with Gasteiger partial charge in [0, 0.05) is 0 Å². The largest absolute Gasteiger partial charge is 0.516 e. The van der Waals surface area contributed by atoms with Crippen LogP contribution in [0.15, 0.2) is 30.3 Å². The van der Waals surface area contributed by atoms with Crippen LogP contribution in [0.5, 0.6) is 0 Å². The summed E-state index contributed by atoms with van der Waals surface area (Å²) in [7, 11) is 0. The Morgan fingerprint density at radius 3 is 1.83 bits per heavy atom. The maximum atomic E-state index is 12.5. The van der Waals surface area contributed by atoms with Crippen molar-refractivity contribution < 1.29 is 38.1 Å². The molecule has 2 N–H and O–H groups in total. The van der Waals surface area contributed by atoms with Crippen LogP contribution in [0.3, 0.4) is 0 Å². The molecule has 0 saturated heterocycles. The van der Waals surface area contributed by atoms with E-state index in [2.05, 4.69) is 9.47 Å². The van der Waals surface area contributed by atoms with E-state index in [1.54, 1.807) is 30.3 Å². The molecular weight excluding hydrogens is 394 g/mol. The standard InChI is InChI=1S/C21H29NO8/c1-3-5-12-27-20(25)29-18(23)16(14-15-10-8-7-9-11-15)17(22)19(24)30-21(26)28-13-6-4-2/h7-11,16-17H,3-6,12-14,22H2,1-2H3/t16?,17-/m0/s1. The Labute approximate surface area is 175 Å². The van der Waals surface area contributed by atoms with Gasteiger partial charge in [-0.05, 0) is 24.8 Å². The Morgan fingerprint density at radius 1 is 0.833 bits per heavy atom. The molecule has 1 unspecified atom stereocenters. The molecule has 0 aliphatic heterocycles. The quantitative estimate of drug-likeness (QED) is 0.324. The van der Waals surface area contributed by atoms with Gasteiger partial charge in [0.05, 0.1) is 19.1 Å². The third-order valence-electron chi connectivity index (χ3n) is 4.11. The molecule has 166 valence electrons. The van der Waals surface area contributed by atoms with E-state index < -0.39 is 36.2 Å². The van der Waals surface area contributed by atoms with Crippen molar-refractivity contribution in [2.75, 3.05) is 13.2 Å². The summed E-state index contributed by atoms with van der Waals surface area (Å²) in [6.07, 6.45) is 0.425. The molecular formula is C21H29NO8. The molecule has 0 fully saturated rings. The van der Waals surface area contributed by atoms with E-state index in [0.29, 0.717) is 18.4 Å². The number of unbranched alkanes of at least 4 members (excludes halogenated alkanes) is 2. The van der Waals surface area contributed by atoms with Gasteiger partial charge >= 0.3 is 24.2 Å². The van der Waals surface area contributed by atoms with Crippen molar-refractivity contribution in [2.24, 2.45) is 11.7 Å². The minimum absolute atomic E-state index is 0.0109. The third-order valence-corrected chi connectivity index (χ3v) is 4.11. The maximum Gasteiger partial charge on any atom is 0.516 e. The fourth-order valence-electron chi connectivity index (χ4n) is 2.36. The Hall–Kier alpha value is -2.94. The van der Waals surface area contributed by atoms with E-state index in [9.17, 15) is 19.2 Å². The molecule has 0 aliphatic rings. The minimum Gasteiger partial charge on any atom is -0.434 e. The van der Waals surface area contributed by atoms with Gasteiger partial charge in [0.25, 0.3) is 0 Å². The molecule has 1 aromatic rings. The topological polar surface area (TPSA) is 131 Å². The van der Waals surface area contributed by atoms with Crippen molar-refractivity contribution in [1.29, 1.82) is 0 Å². The molecule has 9 heteroatoms. The summed E-state index contributed by atoms with van der Waals surface area (Å²) in [4.78, 5) is 48.1. The van der Waals surface area contributed by atoms with Crippen molar-refractivity contribution in [2.45, 2.75) is 52.0 Å².